The van der Waals surface area contributed by atoms with E-state index in [1.54, 1.807) is 18.0 Å². The molecular weight excluding hydrogens is 158 g/mol. The Bertz CT molecular complexity index is 237. The molecule has 58 valence electrons. The van der Waals surface area contributed by atoms with Crippen LogP contribution in [0.3, 0.4) is 0 Å². The molecule has 1 rings (SSSR count). The molecule has 0 spiro atoms. The third kappa shape index (κ3) is 2.69. The van der Waals surface area contributed by atoms with Gasteiger partial charge in [0.1, 0.15) is 5.76 Å². The Labute approximate surface area is 70.2 Å². The minimum absolute atomic E-state index is 0.0418. The average molecular weight is 167 g/mol. The van der Waals surface area contributed by atoms with Crippen molar-refractivity contribution >= 4 is 11.8 Å². The van der Waals surface area contributed by atoms with E-state index in [0.29, 0.717) is 0 Å². The van der Waals surface area contributed by atoms with E-state index in [1.165, 1.54) is 0 Å². The van der Waals surface area contributed by atoms with Gasteiger partial charge in [0.05, 0.1) is 23.3 Å². The Balaban J connectivity index is 2.30. The Morgan fingerprint density at radius 2 is 2.64 bits per heavy atom. The van der Waals surface area contributed by atoms with E-state index >= 15 is 0 Å². The van der Waals surface area contributed by atoms with Gasteiger partial charge in [-0.3, -0.25) is 0 Å². The topological polar surface area (TPSA) is 36.9 Å². The van der Waals surface area contributed by atoms with Crippen LogP contribution in [0.25, 0.3) is 0 Å². The first-order chi connectivity index (χ1) is 5.33. The summed E-state index contributed by atoms with van der Waals surface area (Å²) in [5.41, 5.74) is 0. The molecule has 1 heterocycles. The summed E-state index contributed by atoms with van der Waals surface area (Å²) >= 11 is 1.58. The van der Waals surface area contributed by atoms with Crippen LogP contribution in [0.5, 0.6) is 0 Å². The molecule has 0 saturated heterocycles. The van der Waals surface area contributed by atoms with Gasteiger partial charge in [-0.1, -0.05) is 0 Å². The molecule has 0 aliphatic rings. The normalized spacial score (nSPS) is 12.4. The molecule has 0 radical (unpaired) electrons. The minimum Gasteiger partial charge on any atom is -0.468 e. The molecule has 0 fully saturated rings. The molecule has 1 aromatic heterocycles. The Kier molecular flexibility index (Phi) is 3.06. The maximum atomic E-state index is 8.46. The molecule has 1 atom stereocenters. The first kappa shape index (κ1) is 8.22. The monoisotopic (exact) mass is 167 g/mol. The molecule has 0 aliphatic heterocycles. The molecule has 2 nitrogen and oxygen atoms in total. The predicted molar refractivity (Wildman–Crippen MR) is 45.1 cm³/mol. The molecule has 11 heavy (non-hydrogen) atoms. The maximum absolute atomic E-state index is 8.46. The van der Waals surface area contributed by atoms with Gasteiger partial charge >= 0.3 is 0 Å². The van der Waals surface area contributed by atoms with Crippen molar-refractivity contribution in [2.45, 2.75) is 17.9 Å². The van der Waals surface area contributed by atoms with Crippen LogP contribution < -0.4 is 0 Å². The number of hydrogen-bond acceptors (Lipinski definition) is 3. The van der Waals surface area contributed by atoms with Gasteiger partial charge in [0.15, 0.2) is 0 Å². The average Bonchev–Trinajstić information content (AvgIpc) is 2.52. The zero-order chi connectivity index (χ0) is 8.10. The van der Waals surface area contributed by atoms with Crippen molar-refractivity contribution in [2.24, 2.45) is 0 Å². The largest absolute Gasteiger partial charge is 0.468 e. The van der Waals surface area contributed by atoms with Crippen LogP contribution in [0.4, 0.5) is 0 Å². The highest BCUT2D eigenvalue weighted by Crippen LogP contribution is 2.16. The van der Waals surface area contributed by atoms with E-state index in [4.69, 9.17) is 9.68 Å². The third-order valence-corrected chi connectivity index (χ3v) is 2.29. The van der Waals surface area contributed by atoms with E-state index in [-0.39, 0.29) is 5.25 Å². The fraction of sp³-hybridized carbons (Fsp3) is 0.375. The van der Waals surface area contributed by atoms with Crippen molar-refractivity contribution in [1.29, 1.82) is 5.26 Å². The van der Waals surface area contributed by atoms with E-state index in [0.717, 1.165) is 11.5 Å². The summed E-state index contributed by atoms with van der Waals surface area (Å²) in [6.45, 7) is 1.88. The molecule has 0 aromatic carbocycles. The van der Waals surface area contributed by atoms with Crippen molar-refractivity contribution in [3.05, 3.63) is 24.2 Å². The second kappa shape index (κ2) is 4.09. The lowest BCUT2D eigenvalue weighted by Crippen LogP contribution is -1.89. The van der Waals surface area contributed by atoms with Crippen LogP contribution in [0.1, 0.15) is 12.7 Å². The molecule has 0 aliphatic carbocycles. The molecule has 0 N–H and O–H groups in total. The summed E-state index contributed by atoms with van der Waals surface area (Å²) in [6, 6.07) is 5.92. The molecule has 3 heteroatoms. The van der Waals surface area contributed by atoms with Crippen molar-refractivity contribution in [1.82, 2.24) is 0 Å². The standard InChI is InChI=1S/C8H9NOS/c1-7(5-9)11-6-8-3-2-4-10-8/h2-4,7H,6H2,1H3. The van der Waals surface area contributed by atoms with Crippen molar-refractivity contribution in [3.8, 4) is 6.07 Å². The number of hydrogen-bond donors (Lipinski definition) is 0. The van der Waals surface area contributed by atoms with Crippen LogP contribution in [0.2, 0.25) is 0 Å². The summed E-state index contributed by atoms with van der Waals surface area (Å²) in [5.74, 6) is 1.71. The Morgan fingerprint density at radius 1 is 1.82 bits per heavy atom. The first-order valence-corrected chi connectivity index (χ1v) is 4.41. The van der Waals surface area contributed by atoms with Crippen LogP contribution >= 0.6 is 11.8 Å². The van der Waals surface area contributed by atoms with Crippen molar-refractivity contribution in [2.75, 3.05) is 0 Å². The molecule has 0 bridgehead atoms. The van der Waals surface area contributed by atoms with Gasteiger partial charge in [0, 0.05) is 0 Å². The quantitative estimate of drug-likeness (QED) is 0.693. The number of thioether (sulfide) groups is 1. The summed E-state index contributed by atoms with van der Waals surface area (Å²) < 4.78 is 5.10. The van der Waals surface area contributed by atoms with Crippen LogP contribution in [0, 0.1) is 11.3 Å². The lowest BCUT2D eigenvalue weighted by Gasteiger charge is -1.97. The van der Waals surface area contributed by atoms with E-state index in [1.807, 2.05) is 19.1 Å². The summed E-state index contributed by atoms with van der Waals surface area (Å²) in [7, 11) is 0. The smallest absolute Gasteiger partial charge is 0.113 e. The first-order valence-electron chi connectivity index (χ1n) is 3.36. The second-order valence-electron chi connectivity index (χ2n) is 2.16. The second-order valence-corrected chi connectivity index (χ2v) is 3.49. The van der Waals surface area contributed by atoms with Gasteiger partial charge in [-0.05, 0) is 19.1 Å². The van der Waals surface area contributed by atoms with E-state index < -0.39 is 0 Å². The fourth-order valence-corrected chi connectivity index (χ4v) is 1.29. The summed E-state index contributed by atoms with van der Waals surface area (Å²) in [6.07, 6.45) is 1.65. The molecule has 0 amide bonds. The van der Waals surface area contributed by atoms with E-state index in [2.05, 4.69) is 6.07 Å². The van der Waals surface area contributed by atoms with Crippen LogP contribution in [-0.4, -0.2) is 5.25 Å². The number of nitrogens with zero attached hydrogens (tertiary/aromatic N) is 1. The van der Waals surface area contributed by atoms with Gasteiger partial charge in [-0.2, -0.15) is 5.26 Å². The van der Waals surface area contributed by atoms with Gasteiger partial charge in [0.25, 0.3) is 0 Å². The Morgan fingerprint density at radius 3 is 3.18 bits per heavy atom. The fourth-order valence-electron chi connectivity index (χ4n) is 0.639. The maximum Gasteiger partial charge on any atom is 0.113 e. The third-order valence-electron chi connectivity index (χ3n) is 1.24. The van der Waals surface area contributed by atoms with Crippen LogP contribution in [0.15, 0.2) is 22.8 Å². The highest BCUT2D eigenvalue weighted by molar-refractivity contribution is 7.99. The van der Waals surface area contributed by atoms with E-state index in [9.17, 15) is 0 Å². The molecule has 1 unspecified atom stereocenters. The lowest BCUT2D eigenvalue weighted by molar-refractivity contribution is 0.530. The molecule has 0 saturated carbocycles. The van der Waals surface area contributed by atoms with Gasteiger partial charge < -0.3 is 4.42 Å². The minimum atomic E-state index is 0.0418. The zero-order valence-electron chi connectivity index (χ0n) is 6.28. The highest BCUT2D eigenvalue weighted by atomic mass is 32.2. The highest BCUT2D eigenvalue weighted by Gasteiger charge is 2.01. The van der Waals surface area contributed by atoms with Crippen LogP contribution in [-0.2, 0) is 5.75 Å². The van der Waals surface area contributed by atoms with Gasteiger partial charge in [-0.15, -0.1) is 11.8 Å². The SMILES string of the molecule is CC(C#N)SCc1ccco1. The number of rotatable bonds is 3. The van der Waals surface area contributed by atoms with Crippen molar-refractivity contribution < 1.29 is 4.42 Å². The molecule has 1 aromatic rings. The summed E-state index contributed by atoms with van der Waals surface area (Å²) in [4.78, 5) is 0. The predicted octanol–water partition coefficient (Wildman–Crippen LogP) is 2.42. The van der Waals surface area contributed by atoms with Crippen molar-refractivity contribution in [3.63, 3.8) is 0 Å². The molecular formula is C8H9NOS. The lowest BCUT2D eigenvalue weighted by atomic mass is 10.5. The number of nitriles is 1. The summed E-state index contributed by atoms with van der Waals surface area (Å²) in [5, 5.41) is 8.50. The number of furan rings is 1. The van der Waals surface area contributed by atoms with Gasteiger partial charge in [-0.25, -0.2) is 0 Å². The Hall–Kier alpha value is -0.880. The van der Waals surface area contributed by atoms with Gasteiger partial charge in [0.2, 0.25) is 0 Å². The zero-order valence-corrected chi connectivity index (χ0v) is 7.10.